The van der Waals surface area contributed by atoms with Crippen molar-refractivity contribution in [2.45, 2.75) is 40.8 Å². The Morgan fingerprint density at radius 1 is 1.09 bits per heavy atom. The number of ketones is 1. The summed E-state index contributed by atoms with van der Waals surface area (Å²) in [6, 6.07) is 0. The lowest BCUT2D eigenvalue weighted by molar-refractivity contribution is -0.270. The Morgan fingerprint density at radius 3 is 1.95 bits per heavy atom. The molecule has 3 atom stereocenters. The predicted octanol–water partition coefficient (Wildman–Crippen LogP) is 0.838. The smallest absolute Gasteiger partial charge is 0.302 e. The first-order valence-corrected chi connectivity index (χ1v) is 7.23. The van der Waals surface area contributed by atoms with Gasteiger partial charge in [0, 0.05) is 41.8 Å². The predicted molar refractivity (Wildman–Crippen MR) is 75.8 cm³/mol. The van der Waals surface area contributed by atoms with Gasteiger partial charge in [0.25, 0.3) is 5.79 Å². The van der Waals surface area contributed by atoms with Crippen LogP contribution in [0.5, 0.6) is 0 Å². The first kappa shape index (κ1) is 17.9. The summed E-state index contributed by atoms with van der Waals surface area (Å²) in [7, 11) is 5.12. The summed E-state index contributed by atoms with van der Waals surface area (Å²) >= 11 is 13.3. The average molecular weight is 357 g/mol. The zero-order chi connectivity index (χ0) is 17.0. The number of methoxy groups -OCH3 is 4. The Labute approximate surface area is 138 Å². The van der Waals surface area contributed by atoms with Crippen LogP contribution in [0.4, 0.5) is 0 Å². The summed E-state index contributed by atoms with van der Waals surface area (Å²) in [4.78, 5) is 20.8. The van der Waals surface area contributed by atoms with Crippen molar-refractivity contribution in [1.82, 2.24) is 0 Å². The van der Waals surface area contributed by atoms with Gasteiger partial charge in [-0.2, -0.15) is 0 Å². The van der Waals surface area contributed by atoms with E-state index in [1.165, 1.54) is 35.4 Å². The molecular formula is C13H18Cl2O7. The molecule has 2 aliphatic carbocycles. The molecule has 0 aromatic carbocycles. The highest BCUT2D eigenvalue weighted by molar-refractivity contribution is 6.44. The van der Waals surface area contributed by atoms with Crippen molar-refractivity contribution < 1.29 is 33.3 Å². The van der Waals surface area contributed by atoms with Gasteiger partial charge in [0.1, 0.15) is 6.10 Å². The number of Topliss-reactive ketones (excluding diaryl/α,β-unsaturated/α-hetero) is 1. The number of alkyl halides is 2. The van der Waals surface area contributed by atoms with Crippen LogP contribution >= 0.6 is 23.2 Å². The quantitative estimate of drug-likeness (QED) is 0.410. The zero-order valence-electron chi connectivity index (χ0n) is 12.9. The first-order valence-electron chi connectivity index (χ1n) is 6.48. The Hall–Kier alpha value is -0.440. The second-order valence-electron chi connectivity index (χ2n) is 5.19. The lowest BCUT2D eigenvalue weighted by atomic mass is 9.89. The van der Waals surface area contributed by atoms with Gasteiger partial charge in [-0.1, -0.05) is 0 Å². The van der Waals surface area contributed by atoms with Crippen LogP contribution in [0.1, 0.15) is 13.3 Å². The minimum Gasteiger partial charge on any atom is -0.460 e. The van der Waals surface area contributed by atoms with Crippen LogP contribution in [-0.4, -0.2) is 67.6 Å². The molecule has 0 spiro atoms. The van der Waals surface area contributed by atoms with E-state index < -0.39 is 39.2 Å². The lowest BCUT2D eigenvalue weighted by Crippen LogP contribution is -2.62. The van der Waals surface area contributed by atoms with Crippen molar-refractivity contribution in [2.24, 2.45) is 0 Å². The number of hydrogen-bond acceptors (Lipinski definition) is 7. The van der Waals surface area contributed by atoms with Crippen LogP contribution < -0.4 is 0 Å². The molecule has 2 saturated carbocycles. The fourth-order valence-corrected chi connectivity index (χ4v) is 5.01. The van der Waals surface area contributed by atoms with Crippen LogP contribution in [0.2, 0.25) is 0 Å². The maximum absolute atomic E-state index is 13.0. The molecule has 9 heteroatoms. The van der Waals surface area contributed by atoms with Gasteiger partial charge in [-0.15, -0.1) is 23.2 Å². The van der Waals surface area contributed by atoms with Gasteiger partial charge in [-0.25, -0.2) is 0 Å². The molecule has 126 valence electrons. The van der Waals surface area contributed by atoms with E-state index in [9.17, 15) is 9.59 Å². The number of hydrogen-bond donors (Lipinski definition) is 0. The number of carbonyl (C=O) groups excluding carboxylic acids is 2. The highest BCUT2D eigenvalue weighted by atomic mass is 35.5. The molecule has 0 unspecified atom stereocenters. The zero-order valence-corrected chi connectivity index (χ0v) is 14.4. The molecule has 2 aliphatic rings. The van der Waals surface area contributed by atoms with Crippen LogP contribution in [0.15, 0.2) is 0 Å². The van der Waals surface area contributed by atoms with E-state index in [1.54, 1.807) is 0 Å². The molecule has 2 bridgehead atoms. The summed E-state index contributed by atoms with van der Waals surface area (Å²) in [6.45, 7) is 1.21. The van der Waals surface area contributed by atoms with Crippen molar-refractivity contribution in [3.63, 3.8) is 0 Å². The van der Waals surface area contributed by atoms with Crippen LogP contribution in [-0.2, 0) is 33.3 Å². The fourth-order valence-electron chi connectivity index (χ4n) is 3.72. The topological polar surface area (TPSA) is 80.3 Å². The third kappa shape index (κ3) is 1.57. The molecule has 0 saturated heterocycles. The van der Waals surface area contributed by atoms with Crippen molar-refractivity contribution in [1.29, 1.82) is 0 Å². The molecule has 0 aromatic rings. The highest BCUT2D eigenvalue weighted by Gasteiger charge is 2.93. The molecule has 0 radical (unpaired) electrons. The molecule has 22 heavy (non-hydrogen) atoms. The maximum Gasteiger partial charge on any atom is 0.302 e. The first-order chi connectivity index (χ1) is 10.2. The van der Waals surface area contributed by atoms with Gasteiger partial charge in [-0.3, -0.25) is 9.59 Å². The van der Waals surface area contributed by atoms with E-state index in [0.717, 1.165) is 0 Å². The van der Waals surface area contributed by atoms with Gasteiger partial charge < -0.3 is 23.7 Å². The standard InChI is InChI=1S/C13H18Cl2O7/c1-7(16)22-8-6-10(14)12(18-2,19-3)9(17)11(8,15)13(10,20-4)21-5/h8H,6H2,1-5H3/t8-,10+,11-/m1/s1. The minimum absolute atomic E-state index is 0.0489. The number of fused-ring (bicyclic) bond motifs is 2. The molecule has 2 fully saturated rings. The van der Waals surface area contributed by atoms with Crippen molar-refractivity contribution in [3.8, 4) is 0 Å². The maximum atomic E-state index is 13.0. The lowest BCUT2D eigenvalue weighted by Gasteiger charge is -2.42. The summed E-state index contributed by atoms with van der Waals surface area (Å²) in [5, 5.41) is 0. The number of ether oxygens (including phenoxy) is 5. The summed E-state index contributed by atoms with van der Waals surface area (Å²) in [5.41, 5.74) is 0. The molecular weight excluding hydrogens is 339 g/mol. The number of halogens is 2. The number of carbonyl (C=O) groups is 2. The van der Waals surface area contributed by atoms with E-state index in [1.807, 2.05) is 0 Å². The molecule has 7 nitrogen and oxygen atoms in total. The number of rotatable bonds is 5. The molecule has 0 N–H and O–H groups in total. The Morgan fingerprint density at radius 2 is 1.59 bits per heavy atom. The van der Waals surface area contributed by atoms with Gasteiger partial charge >= 0.3 is 5.97 Å². The molecule has 0 heterocycles. The van der Waals surface area contributed by atoms with Gasteiger partial charge in [0.15, 0.2) is 4.87 Å². The minimum atomic E-state index is -1.91. The van der Waals surface area contributed by atoms with Gasteiger partial charge in [0.2, 0.25) is 16.4 Å². The van der Waals surface area contributed by atoms with E-state index in [-0.39, 0.29) is 6.42 Å². The summed E-state index contributed by atoms with van der Waals surface area (Å²) < 4.78 is 26.6. The molecule has 0 aliphatic heterocycles. The SMILES string of the molecule is COC1(OC)C(=O)[C@]2(Cl)[C@H](OC(C)=O)C[C@@]1(Cl)C2(OC)OC. The van der Waals surface area contributed by atoms with Crippen molar-refractivity contribution in [2.75, 3.05) is 28.4 Å². The van der Waals surface area contributed by atoms with E-state index in [4.69, 9.17) is 46.9 Å². The van der Waals surface area contributed by atoms with Crippen LogP contribution in [0, 0.1) is 0 Å². The Bertz CT molecular complexity index is 503. The second kappa shape index (κ2) is 5.29. The fraction of sp³-hybridized carbons (Fsp3) is 0.846. The van der Waals surface area contributed by atoms with E-state index in [0.29, 0.717) is 0 Å². The van der Waals surface area contributed by atoms with Crippen molar-refractivity contribution in [3.05, 3.63) is 0 Å². The van der Waals surface area contributed by atoms with E-state index >= 15 is 0 Å². The normalized spacial score (nSPS) is 38.3. The molecule has 0 aromatic heterocycles. The number of esters is 1. The third-order valence-corrected chi connectivity index (χ3v) is 5.84. The van der Waals surface area contributed by atoms with Crippen molar-refractivity contribution >= 4 is 35.0 Å². The average Bonchev–Trinajstić information content (AvgIpc) is 2.73. The summed E-state index contributed by atoms with van der Waals surface area (Å²) in [6.07, 6.45) is -1.10. The van der Waals surface area contributed by atoms with E-state index in [2.05, 4.69) is 0 Å². The monoisotopic (exact) mass is 356 g/mol. The highest BCUT2D eigenvalue weighted by Crippen LogP contribution is 2.69. The summed E-state index contributed by atoms with van der Waals surface area (Å²) in [5.74, 6) is -5.01. The molecule has 0 amide bonds. The van der Waals surface area contributed by atoms with Gasteiger partial charge in [-0.05, 0) is 0 Å². The molecule has 2 rings (SSSR count). The largest absolute Gasteiger partial charge is 0.460 e. The van der Waals surface area contributed by atoms with Crippen LogP contribution in [0.25, 0.3) is 0 Å². The third-order valence-electron chi connectivity index (χ3n) is 4.52. The second-order valence-corrected chi connectivity index (χ2v) is 6.44. The Balaban J connectivity index is 2.71. The van der Waals surface area contributed by atoms with Crippen LogP contribution in [0.3, 0.4) is 0 Å². The Kier molecular flexibility index (Phi) is 4.31. The van der Waals surface area contributed by atoms with Gasteiger partial charge in [0.05, 0.1) is 0 Å².